The van der Waals surface area contributed by atoms with Gasteiger partial charge < -0.3 is 9.84 Å². The lowest BCUT2D eigenvalue weighted by atomic mass is 10.1. The Hall–Kier alpha value is -2.09. The van der Waals surface area contributed by atoms with Crippen LogP contribution < -0.4 is 4.72 Å². The van der Waals surface area contributed by atoms with E-state index in [1.165, 1.54) is 19.2 Å². The molecule has 0 aliphatic carbocycles. The highest BCUT2D eigenvalue weighted by atomic mass is 32.2. The van der Waals surface area contributed by atoms with E-state index < -0.39 is 22.0 Å². The normalized spacial score (nSPS) is 10.9. The summed E-state index contributed by atoms with van der Waals surface area (Å²) in [7, 11) is -2.35. The molecule has 0 heterocycles. The number of sulfonamides is 1. The Morgan fingerprint density at radius 3 is 2.67 bits per heavy atom. The SMILES string of the molecule is COC(=O)CCCS(=O)(=O)Nc1cccc(CC(=O)O)c1. The first-order valence-electron chi connectivity index (χ1n) is 6.20. The van der Waals surface area contributed by atoms with Gasteiger partial charge in [-0.25, -0.2) is 8.42 Å². The number of carbonyl (C=O) groups excluding carboxylic acids is 1. The minimum Gasteiger partial charge on any atom is -0.481 e. The monoisotopic (exact) mass is 315 g/mol. The molecular formula is C13H17NO6S. The Balaban J connectivity index is 2.62. The number of hydrogen-bond donors (Lipinski definition) is 2. The maximum absolute atomic E-state index is 11.8. The lowest BCUT2D eigenvalue weighted by molar-refractivity contribution is -0.140. The van der Waals surface area contributed by atoms with Crippen LogP contribution in [0.15, 0.2) is 24.3 Å². The first kappa shape index (κ1) is 17.0. The number of carbonyl (C=O) groups is 2. The van der Waals surface area contributed by atoms with Crippen LogP contribution in [0.25, 0.3) is 0 Å². The van der Waals surface area contributed by atoms with Crippen LogP contribution in [0.4, 0.5) is 5.69 Å². The fraction of sp³-hybridized carbons (Fsp3) is 0.385. The topological polar surface area (TPSA) is 110 Å². The highest BCUT2D eigenvalue weighted by Crippen LogP contribution is 2.13. The number of methoxy groups -OCH3 is 1. The van der Waals surface area contributed by atoms with E-state index in [1.54, 1.807) is 12.1 Å². The predicted octanol–water partition coefficient (Wildman–Crippen LogP) is 1.01. The minimum absolute atomic E-state index is 0.0243. The second kappa shape index (κ2) is 7.63. The molecule has 0 spiro atoms. The molecule has 0 aromatic heterocycles. The molecule has 0 atom stereocenters. The summed E-state index contributed by atoms with van der Waals surface area (Å²) in [6.07, 6.45) is -0.00873. The molecule has 0 amide bonds. The predicted molar refractivity (Wildman–Crippen MR) is 76.4 cm³/mol. The molecule has 21 heavy (non-hydrogen) atoms. The largest absolute Gasteiger partial charge is 0.481 e. The summed E-state index contributed by atoms with van der Waals surface area (Å²) in [6.45, 7) is 0. The van der Waals surface area contributed by atoms with Crippen LogP contribution in [0.5, 0.6) is 0 Å². The summed E-state index contributed by atoms with van der Waals surface area (Å²) in [5.74, 6) is -1.67. The van der Waals surface area contributed by atoms with Crippen LogP contribution in [0.3, 0.4) is 0 Å². The smallest absolute Gasteiger partial charge is 0.307 e. The zero-order valence-corrected chi connectivity index (χ0v) is 12.4. The maximum atomic E-state index is 11.8. The Morgan fingerprint density at radius 2 is 2.05 bits per heavy atom. The number of carboxylic acids is 1. The number of anilines is 1. The lowest BCUT2D eigenvalue weighted by Gasteiger charge is -2.08. The molecule has 0 fully saturated rings. The molecule has 0 unspecified atom stereocenters. The van der Waals surface area contributed by atoms with Gasteiger partial charge >= 0.3 is 11.9 Å². The van der Waals surface area contributed by atoms with Crippen LogP contribution in [0.2, 0.25) is 0 Å². The molecule has 8 heteroatoms. The average Bonchev–Trinajstić information content (AvgIpc) is 2.37. The first-order valence-corrected chi connectivity index (χ1v) is 7.85. The number of ether oxygens (including phenoxy) is 1. The third-order valence-corrected chi connectivity index (χ3v) is 3.95. The second-order valence-corrected chi connectivity index (χ2v) is 6.21. The number of hydrogen-bond acceptors (Lipinski definition) is 5. The van der Waals surface area contributed by atoms with Gasteiger partial charge in [0, 0.05) is 12.1 Å². The third kappa shape index (κ3) is 6.75. The molecule has 116 valence electrons. The number of benzene rings is 1. The molecule has 7 nitrogen and oxygen atoms in total. The van der Waals surface area contributed by atoms with Crippen molar-refractivity contribution >= 4 is 27.6 Å². The standard InChI is InChI=1S/C13H17NO6S/c1-20-13(17)6-3-7-21(18,19)14-11-5-2-4-10(8-11)9-12(15)16/h2,4-5,8,14H,3,6-7,9H2,1H3,(H,15,16). The summed E-state index contributed by atoms with van der Waals surface area (Å²) in [5, 5.41) is 8.70. The van der Waals surface area contributed by atoms with Gasteiger partial charge in [-0.3, -0.25) is 14.3 Å². The second-order valence-electron chi connectivity index (χ2n) is 4.37. The highest BCUT2D eigenvalue weighted by Gasteiger charge is 2.12. The van der Waals surface area contributed by atoms with E-state index in [-0.39, 0.29) is 25.0 Å². The Kier molecular flexibility index (Phi) is 6.16. The molecule has 0 saturated heterocycles. The van der Waals surface area contributed by atoms with Gasteiger partial charge in [0.25, 0.3) is 0 Å². The molecule has 1 aromatic carbocycles. The van der Waals surface area contributed by atoms with Crippen molar-refractivity contribution in [1.82, 2.24) is 0 Å². The van der Waals surface area contributed by atoms with E-state index in [2.05, 4.69) is 9.46 Å². The molecule has 0 aliphatic heterocycles. The minimum atomic E-state index is -3.59. The zero-order chi connectivity index (χ0) is 15.9. The van der Waals surface area contributed by atoms with Gasteiger partial charge in [-0.2, -0.15) is 0 Å². The summed E-state index contributed by atoms with van der Waals surface area (Å²) in [5.41, 5.74) is 0.795. The van der Waals surface area contributed by atoms with Crippen LogP contribution in [-0.2, 0) is 30.8 Å². The van der Waals surface area contributed by atoms with E-state index in [1.807, 2.05) is 0 Å². The average molecular weight is 315 g/mol. The van der Waals surface area contributed by atoms with Gasteiger partial charge in [-0.15, -0.1) is 0 Å². The van der Waals surface area contributed by atoms with Gasteiger partial charge in [0.1, 0.15) is 0 Å². The van der Waals surface area contributed by atoms with Crippen molar-refractivity contribution in [3.05, 3.63) is 29.8 Å². The van der Waals surface area contributed by atoms with Gasteiger partial charge in [0.05, 0.1) is 19.3 Å². The number of esters is 1. The van der Waals surface area contributed by atoms with Crippen LogP contribution in [0, 0.1) is 0 Å². The van der Waals surface area contributed by atoms with Crippen molar-refractivity contribution in [1.29, 1.82) is 0 Å². The van der Waals surface area contributed by atoms with Crippen LogP contribution in [0.1, 0.15) is 18.4 Å². The molecule has 0 saturated carbocycles. The number of aliphatic carboxylic acids is 1. The van der Waals surface area contributed by atoms with Gasteiger partial charge in [-0.1, -0.05) is 12.1 Å². The third-order valence-electron chi connectivity index (χ3n) is 2.58. The van der Waals surface area contributed by atoms with Crippen molar-refractivity contribution in [2.75, 3.05) is 17.6 Å². The highest BCUT2D eigenvalue weighted by molar-refractivity contribution is 7.92. The molecule has 1 aromatic rings. The Labute approximate surface area is 123 Å². The lowest BCUT2D eigenvalue weighted by Crippen LogP contribution is -2.17. The Bertz CT molecular complexity index is 611. The molecule has 2 N–H and O–H groups in total. The van der Waals surface area contributed by atoms with Crippen molar-refractivity contribution in [3.63, 3.8) is 0 Å². The van der Waals surface area contributed by atoms with E-state index in [0.29, 0.717) is 11.3 Å². The van der Waals surface area contributed by atoms with E-state index in [0.717, 1.165) is 0 Å². The van der Waals surface area contributed by atoms with Crippen molar-refractivity contribution in [2.24, 2.45) is 0 Å². The first-order chi connectivity index (χ1) is 9.82. The molecule has 0 bridgehead atoms. The summed E-state index contributed by atoms with van der Waals surface area (Å²) in [4.78, 5) is 21.5. The molecule has 0 aliphatic rings. The number of rotatable bonds is 8. The Morgan fingerprint density at radius 1 is 1.33 bits per heavy atom. The fourth-order valence-corrected chi connectivity index (χ4v) is 2.77. The van der Waals surface area contributed by atoms with E-state index in [4.69, 9.17) is 5.11 Å². The van der Waals surface area contributed by atoms with Gasteiger partial charge in [-0.05, 0) is 24.1 Å². The summed E-state index contributed by atoms with van der Waals surface area (Å²) >= 11 is 0. The number of nitrogens with one attached hydrogen (secondary N) is 1. The van der Waals surface area contributed by atoms with E-state index >= 15 is 0 Å². The van der Waals surface area contributed by atoms with Crippen molar-refractivity contribution < 1.29 is 27.9 Å². The molecule has 0 radical (unpaired) electrons. The molecular weight excluding hydrogens is 298 g/mol. The van der Waals surface area contributed by atoms with Crippen LogP contribution in [-0.4, -0.2) is 38.3 Å². The van der Waals surface area contributed by atoms with Crippen molar-refractivity contribution in [3.8, 4) is 0 Å². The van der Waals surface area contributed by atoms with Crippen molar-refractivity contribution in [2.45, 2.75) is 19.3 Å². The fourth-order valence-electron chi connectivity index (χ4n) is 1.66. The summed E-state index contributed by atoms with van der Waals surface area (Å²) in [6, 6.07) is 6.17. The van der Waals surface area contributed by atoms with Crippen LogP contribution >= 0.6 is 0 Å². The van der Waals surface area contributed by atoms with Gasteiger partial charge in [0.2, 0.25) is 10.0 Å². The quantitative estimate of drug-likeness (QED) is 0.693. The number of carboxylic acid groups (broad SMARTS) is 1. The maximum Gasteiger partial charge on any atom is 0.307 e. The summed E-state index contributed by atoms with van der Waals surface area (Å²) < 4.78 is 30.4. The zero-order valence-electron chi connectivity index (χ0n) is 11.5. The van der Waals surface area contributed by atoms with E-state index in [9.17, 15) is 18.0 Å². The molecule has 1 rings (SSSR count). The van der Waals surface area contributed by atoms with Gasteiger partial charge in [0.15, 0.2) is 0 Å².